The van der Waals surface area contributed by atoms with Crippen LogP contribution in [0.15, 0.2) is 24.3 Å². The number of nitro groups is 1. The predicted molar refractivity (Wildman–Crippen MR) is 59.7 cm³/mol. The number of hydrogen-bond acceptors (Lipinski definition) is 4. The molecule has 0 heterocycles. The van der Waals surface area contributed by atoms with Crippen LogP contribution in [-0.2, 0) is 6.54 Å². The van der Waals surface area contributed by atoms with Crippen molar-refractivity contribution in [3.63, 3.8) is 0 Å². The smallest absolute Gasteiger partial charge is 0.269 e. The van der Waals surface area contributed by atoms with Crippen LogP contribution < -0.4 is 0 Å². The molecule has 0 saturated carbocycles. The normalized spacial score (nSPS) is 10.1. The van der Waals surface area contributed by atoms with E-state index in [4.69, 9.17) is 5.26 Å². The van der Waals surface area contributed by atoms with Crippen LogP contribution in [0, 0.1) is 21.4 Å². The van der Waals surface area contributed by atoms with Crippen LogP contribution in [0.25, 0.3) is 0 Å². The van der Waals surface area contributed by atoms with Crippen molar-refractivity contribution in [3.8, 4) is 6.07 Å². The zero-order chi connectivity index (χ0) is 12.0. The number of nitrogens with zero attached hydrogens (tertiary/aromatic N) is 3. The molecule has 5 nitrogen and oxygen atoms in total. The molecular formula is C11H13N3O2. The summed E-state index contributed by atoms with van der Waals surface area (Å²) < 4.78 is 0. The Hall–Kier alpha value is -1.93. The Bertz CT molecular complexity index is 412. The average molecular weight is 219 g/mol. The minimum atomic E-state index is -0.413. The summed E-state index contributed by atoms with van der Waals surface area (Å²) in [5.41, 5.74) is 0.941. The number of nitro benzene ring substituents is 1. The highest BCUT2D eigenvalue weighted by atomic mass is 16.6. The van der Waals surface area contributed by atoms with E-state index in [9.17, 15) is 10.1 Å². The van der Waals surface area contributed by atoms with Crippen molar-refractivity contribution in [2.45, 2.75) is 13.5 Å². The molecule has 0 aliphatic rings. The second kappa shape index (κ2) is 5.83. The first kappa shape index (κ1) is 12.1. The first-order chi connectivity index (χ1) is 7.67. The highest BCUT2D eigenvalue weighted by molar-refractivity contribution is 5.34. The Labute approximate surface area is 94.1 Å². The minimum absolute atomic E-state index is 0.0884. The number of non-ortho nitro benzene ring substituents is 1. The highest BCUT2D eigenvalue weighted by Crippen LogP contribution is 2.14. The number of rotatable bonds is 5. The molecule has 0 spiro atoms. The molecule has 5 heteroatoms. The molecule has 16 heavy (non-hydrogen) atoms. The summed E-state index contributed by atoms with van der Waals surface area (Å²) in [4.78, 5) is 12.1. The van der Waals surface area contributed by atoms with Crippen LogP contribution in [0.5, 0.6) is 0 Å². The molecule has 1 rings (SSSR count). The van der Waals surface area contributed by atoms with E-state index in [0.29, 0.717) is 13.1 Å². The molecule has 0 radical (unpaired) electrons. The van der Waals surface area contributed by atoms with Gasteiger partial charge in [0.15, 0.2) is 0 Å². The van der Waals surface area contributed by atoms with Crippen molar-refractivity contribution in [1.82, 2.24) is 4.90 Å². The van der Waals surface area contributed by atoms with Crippen molar-refractivity contribution in [2.75, 3.05) is 13.1 Å². The molecule has 0 aliphatic carbocycles. The summed E-state index contributed by atoms with van der Waals surface area (Å²) in [5, 5.41) is 19.2. The van der Waals surface area contributed by atoms with Crippen molar-refractivity contribution in [1.29, 1.82) is 5.26 Å². The molecular weight excluding hydrogens is 206 g/mol. The van der Waals surface area contributed by atoms with Gasteiger partial charge in [0.1, 0.15) is 0 Å². The van der Waals surface area contributed by atoms with Crippen LogP contribution in [0.2, 0.25) is 0 Å². The van der Waals surface area contributed by atoms with Crippen LogP contribution in [0.4, 0.5) is 5.69 Å². The van der Waals surface area contributed by atoms with E-state index in [-0.39, 0.29) is 5.69 Å². The Morgan fingerprint density at radius 2 is 2.31 bits per heavy atom. The number of benzene rings is 1. The van der Waals surface area contributed by atoms with Gasteiger partial charge in [-0.25, -0.2) is 0 Å². The maximum Gasteiger partial charge on any atom is 0.269 e. The summed E-state index contributed by atoms with van der Waals surface area (Å²) in [6.07, 6.45) is 0. The Balaban J connectivity index is 2.77. The number of hydrogen-bond donors (Lipinski definition) is 0. The molecule has 0 N–H and O–H groups in total. The van der Waals surface area contributed by atoms with E-state index in [1.807, 2.05) is 17.9 Å². The summed E-state index contributed by atoms with van der Waals surface area (Å²) in [6.45, 7) is 3.59. The second-order valence-corrected chi connectivity index (χ2v) is 3.39. The SMILES string of the molecule is CCN(CC#N)Cc1cccc([N+](=O)[O-])c1. The number of nitriles is 1. The van der Waals surface area contributed by atoms with E-state index < -0.39 is 4.92 Å². The van der Waals surface area contributed by atoms with Gasteiger partial charge in [-0.1, -0.05) is 19.1 Å². The summed E-state index contributed by atoms with van der Waals surface area (Å²) in [6, 6.07) is 8.56. The molecule has 0 unspecified atom stereocenters. The topological polar surface area (TPSA) is 70.2 Å². The summed E-state index contributed by atoms with van der Waals surface area (Å²) in [5.74, 6) is 0. The van der Waals surface area contributed by atoms with E-state index in [2.05, 4.69) is 6.07 Å². The highest BCUT2D eigenvalue weighted by Gasteiger charge is 2.08. The predicted octanol–water partition coefficient (Wildman–Crippen LogP) is 1.94. The molecule has 0 saturated heterocycles. The van der Waals surface area contributed by atoms with Gasteiger partial charge in [0.25, 0.3) is 5.69 Å². The van der Waals surface area contributed by atoms with Crippen LogP contribution in [-0.4, -0.2) is 22.9 Å². The van der Waals surface area contributed by atoms with E-state index in [0.717, 1.165) is 12.1 Å². The fourth-order valence-electron chi connectivity index (χ4n) is 1.41. The zero-order valence-corrected chi connectivity index (χ0v) is 9.09. The van der Waals surface area contributed by atoms with Crippen molar-refractivity contribution in [2.24, 2.45) is 0 Å². The molecule has 84 valence electrons. The van der Waals surface area contributed by atoms with Crippen LogP contribution in [0.3, 0.4) is 0 Å². The fraction of sp³-hybridized carbons (Fsp3) is 0.364. The fourth-order valence-corrected chi connectivity index (χ4v) is 1.41. The van der Waals surface area contributed by atoms with Gasteiger partial charge in [0, 0.05) is 18.7 Å². The monoisotopic (exact) mass is 219 g/mol. The standard InChI is InChI=1S/C11H13N3O2/c1-2-13(7-6-12)9-10-4-3-5-11(8-10)14(15)16/h3-5,8H,2,7,9H2,1H3. The largest absolute Gasteiger partial charge is 0.287 e. The third-order valence-electron chi connectivity index (χ3n) is 2.27. The lowest BCUT2D eigenvalue weighted by molar-refractivity contribution is -0.384. The van der Waals surface area contributed by atoms with Crippen LogP contribution >= 0.6 is 0 Å². The molecule has 0 amide bonds. The first-order valence-electron chi connectivity index (χ1n) is 5.00. The van der Waals surface area contributed by atoms with Gasteiger partial charge in [0.05, 0.1) is 17.5 Å². The Morgan fingerprint density at radius 1 is 1.56 bits per heavy atom. The van der Waals surface area contributed by atoms with Gasteiger partial charge in [-0.2, -0.15) is 5.26 Å². The molecule has 0 fully saturated rings. The lowest BCUT2D eigenvalue weighted by Gasteiger charge is -2.16. The third kappa shape index (κ3) is 3.33. The first-order valence-corrected chi connectivity index (χ1v) is 5.00. The van der Waals surface area contributed by atoms with E-state index >= 15 is 0 Å². The van der Waals surface area contributed by atoms with Gasteiger partial charge in [0.2, 0.25) is 0 Å². The second-order valence-electron chi connectivity index (χ2n) is 3.39. The Kier molecular flexibility index (Phi) is 4.42. The lowest BCUT2D eigenvalue weighted by atomic mass is 10.2. The maximum atomic E-state index is 10.6. The average Bonchev–Trinajstić information content (AvgIpc) is 2.29. The molecule has 0 atom stereocenters. The lowest BCUT2D eigenvalue weighted by Crippen LogP contribution is -2.22. The van der Waals surface area contributed by atoms with Crippen molar-refractivity contribution >= 4 is 5.69 Å². The van der Waals surface area contributed by atoms with Gasteiger partial charge in [-0.05, 0) is 12.1 Å². The van der Waals surface area contributed by atoms with E-state index in [1.54, 1.807) is 12.1 Å². The third-order valence-corrected chi connectivity index (χ3v) is 2.27. The van der Waals surface area contributed by atoms with Gasteiger partial charge >= 0.3 is 0 Å². The quantitative estimate of drug-likeness (QED) is 0.431. The molecule has 0 aromatic heterocycles. The summed E-state index contributed by atoms with van der Waals surface area (Å²) >= 11 is 0. The van der Waals surface area contributed by atoms with Crippen LogP contribution in [0.1, 0.15) is 12.5 Å². The van der Waals surface area contributed by atoms with Crippen molar-refractivity contribution < 1.29 is 4.92 Å². The molecule has 0 bridgehead atoms. The molecule has 0 aliphatic heterocycles. The van der Waals surface area contributed by atoms with Crippen molar-refractivity contribution in [3.05, 3.63) is 39.9 Å². The minimum Gasteiger partial charge on any atom is -0.287 e. The molecule has 1 aromatic rings. The Morgan fingerprint density at radius 3 is 2.88 bits per heavy atom. The summed E-state index contributed by atoms with van der Waals surface area (Å²) in [7, 11) is 0. The van der Waals surface area contributed by atoms with Gasteiger partial charge in [-0.15, -0.1) is 0 Å². The zero-order valence-electron chi connectivity index (χ0n) is 9.09. The maximum absolute atomic E-state index is 10.6. The van der Waals surface area contributed by atoms with E-state index in [1.165, 1.54) is 6.07 Å². The van der Waals surface area contributed by atoms with Gasteiger partial charge in [-0.3, -0.25) is 15.0 Å². The molecule has 1 aromatic carbocycles. The van der Waals surface area contributed by atoms with Gasteiger partial charge < -0.3 is 0 Å².